The average Bonchev–Trinajstić information content (AvgIpc) is 3.33. The summed E-state index contributed by atoms with van der Waals surface area (Å²) in [5.74, 6) is -1.91. The summed E-state index contributed by atoms with van der Waals surface area (Å²) in [6, 6.07) is 10.8. The summed E-state index contributed by atoms with van der Waals surface area (Å²) >= 11 is 8.10. The molecule has 2 heterocycles. The molecular weight excluding hydrogens is 549 g/mol. The Labute approximate surface area is 233 Å². The third kappa shape index (κ3) is 4.74. The van der Waals surface area contributed by atoms with E-state index >= 15 is 0 Å². The minimum Gasteiger partial charge on any atom is -0.492 e. The van der Waals surface area contributed by atoms with E-state index in [1.54, 1.807) is 38.1 Å². The SMILES string of the molecule is CCOc1cccc2c1N(C(=O)c1cccc(F)c1)C(C)(C)C(=S)C2=C1SC(C(=O)OC)=C(C(=O)OC)S1. The Balaban J connectivity index is 1.97. The van der Waals surface area contributed by atoms with Crippen LogP contribution in [-0.4, -0.2) is 49.1 Å². The molecule has 0 aliphatic carbocycles. The fourth-order valence-corrected chi connectivity index (χ4v) is 7.23. The van der Waals surface area contributed by atoms with Gasteiger partial charge < -0.3 is 14.2 Å². The van der Waals surface area contributed by atoms with Crippen LogP contribution >= 0.6 is 35.7 Å². The molecule has 0 unspecified atom stereocenters. The Bertz CT molecular complexity index is 1400. The number of rotatable bonds is 5. The van der Waals surface area contributed by atoms with Gasteiger partial charge in [0, 0.05) is 16.7 Å². The van der Waals surface area contributed by atoms with Gasteiger partial charge in [0.2, 0.25) is 0 Å². The normalized spacial score (nSPS) is 16.4. The van der Waals surface area contributed by atoms with Gasteiger partial charge >= 0.3 is 11.9 Å². The molecule has 0 spiro atoms. The maximum absolute atomic E-state index is 14.1. The first kappa shape index (κ1) is 27.9. The van der Waals surface area contributed by atoms with E-state index < -0.39 is 29.2 Å². The number of thiocarbonyl (C=S) groups is 1. The van der Waals surface area contributed by atoms with Gasteiger partial charge in [-0.2, -0.15) is 0 Å². The van der Waals surface area contributed by atoms with Crippen molar-refractivity contribution < 1.29 is 33.0 Å². The van der Waals surface area contributed by atoms with Crippen molar-refractivity contribution in [2.45, 2.75) is 26.3 Å². The molecule has 198 valence electrons. The summed E-state index contributed by atoms with van der Waals surface area (Å²) in [6.07, 6.45) is 0. The van der Waals surface area contributed by atoms with Crippen LogP contribution in [0.3, 0.4) is 0 Å². The van der Waals surface area contributed by atoms with Crippen LogP contribution in [0.15, 0.2) is 56.5 Å². The number of hydrogen-bond acceptors (Lipinski definition) is 9. The van der Waals surface area contributed by atoms with Crippen molar-refractivity contribution in [1.29, 1.82) is 0 Å². The lowest BCUT2D eigenvalue weighted by Crippen LogP contribution is -2.56. The van der Waals surface area contributed by atoms with Crippen LogP contribution in [0.1, 0.15) is 36.7 Å². The number of halogens is 1. The molecule has 0 atom stereocenters. The Morgan fingerprint density at radius 2 is 1.61 bits per heavy atom. The maximum atomic E-state index is 14.1. The highest BCUT2D eigenvalue weighted by molar-refractivity contribution is 8.29. The lowest BCUT2D eigenvalue weighted by Gasteiger charge is -2.45. The van der Waals surface area contributed by atoms with Gasteiger partial charge in [0.25, 0.3) is 5.91 Å². The van der Waals surface area contributed by atoms with Crippen LogP contribution in [0.5, 0.6) is 5.75 Å². The fourth-order valence-electron chi connectivity index (χ4n) is 4.20. The average molecular weight is 574 g/mol. The number of hydrogen-bond donors (Lipinski definition) is 0. The number of anilines is 1. The van der Waals surface area contributed by atoms with E-state index in [1.165, 1.54) is 37.3 Å². The largest absolute Gasteiger partial charge is 0.492 e. The highest BCUT2D eigenvalue weighted by Crippen LogP contribution is 2.57. The Morgan fingerprint density at radius 1 is 1.00 bits per heavy atom. The first-order valence-corrected chi connectivity index (χ1v) is 13.5. The molecule has 2 aliphatic rings. The van der Waals surface area contributed by atoms with Crippen molar-refractivity contribution in [3.05, 3.63) is 73.5 Å². The van der Waals surface area contributed by atoms with Gasteiger partial charge in [0.15, 0.2) is 0 Å². The van der Waals surface area contributed by atoms with Gasteiger partial charge in [-0.25, -0.2) is 14.0 Å². The van der Waals surface area contributed by atoms with Gasteiger partial charge in [-0.05, 0) is 45.0 Å². The van der Waals surface area contributed by atoms with E-state index in [9.17, 15) is 18.8 Å². The molecule has 2 aromatic carbocycles. The quantitative estimate of drug-likeness (QED) is 0.253. The number of methoxy groups -OCH3 is 2. The summed E-state index contributed by atoms with van der Waals surface area (Å²) in [5.41, 5.74) is 0.691. The molecule has 4 rings (SSSR count). The number of nitrogens with zero attached hydrogens (tertiary/aromatic N) is 1. The van der Waals surface area contributed by atoms with Crippen LogP contribution in [0.2, 0.25) is 0 Å². The third-order valence-electron chi connectivity index (χ3n) is 5.95. The first-order chi connectivity index (χ1) is 18.1. The maximum Gasteiger partial charge on any atom is 0.346 e. The monoisotopic (exact) mass is 573 g/mol. The van der Waals surface area contributed by atoms with E-state index in [-0.39, 0.29) is 15.4 Å². The first-order valence-electron chi connectivity index (χ1n) is 11.5. The molecule has 0 saturated carbocycles. The Kier molecular flexibility index (Phi) is 8.01. The molecule has 0 fully saturated rings. The third-order valence-corrected chi connectivity index (χ3v) is 9.21. The van der Waals surface area contributed by atoms with Crippen molar-refractivity contribution in [3.63, 3.8) is 0 Å². The summed E-state index contributed by atoms with van der Waals surface area (Å²) in [4.78, 5) is 41.0. The molecule has 11 heteroatoms. The highest BCUT2D eigenvalue weighted by Gasteiger charge is 2.47. The standard InChI is InChI=1S/C27H24FNO6S3/c1-6-35-17-12-8-11-16-18(26-37-20(24(31)33-4)21(38-26)25(32)34-5)22(36)27(2,3)29(19(16)17)23(30)14-9-7-10-15(28)13-14/h7-13H,6H2,1-5H3. The summed E-state index contributed by atoms with van der Waals surface area (Å²) in [5, 5.41) is 0. The number of carbonyl (C=O) groups is 3. The lowest BCUT2D eigenvalue weighted by molar-refractivity contribution is -0.138. The second kappa shape index (κ2) is 10.9. The van der Waals surface area contributed by atoms with E-state index in [2.05, 4.69) is 0 Å². The number of amides is 1. The summed E-state index contributed by atoms with van der Waals surface area (Å²) < 4.78 is 30.4. The van der Waals surface area contributed by atoms with Crippen LogP contribution in [0, 0.1) is 5.82 Å². The number of fused-ring (bicyclic) bond motifs is 1. The highest BCUT2D eigenvalue weighted by atomic mass is 32.2. The van der Waals surface area contributed by atoms with Gasteiger partial charge in [-0.15, -0.1) is 0 Å². The Morgan fingerprint density at radius 3 is 2.16 bits per heavy atom. The topological polar surface area (TPSA) is 82.1 Å². The van der Waals surface area contributed by atoms with Crippen molar-refractivity contribution >= 4 is 69.7 Å². The van der Waals surface area contributed by atoms with Crippen LogP contribution in [0.4, 0.5) is 10.1 Å². The minimum atomic E-state index is -1.08. The number of ether oxygens (including phenoxy) is 3. The zero-order chi connectivity index (χ0) is 27.8. The predicted molar refractivity (Wildman–Crippen MR) is 151 cm³/mol. The molecule has 2 aromatic rings. The lowest BCUT2D eigenvalue weighted by atomic mass is 9.82. The number of esters is 2. The molecule has 38 heavy (non-hydrogen) atoms. The number of benzene rings is 2. The molecular formula is C27H24FNO6S3. The van der Waals surface area contributed by atoms with Crippen molar-refractivity contribution in [2.75, 3.05) is 25.7 Å². The minimum absolute atomic E-state index is 0.0910. The zero-order valence-electron chi connectivity index (χ0n) is 21.2. The predicted octanol–water partition coefficient (Wildman–Crippen LogP) is 5.74. The molecule has 1 amide bonds. The van der Waals surface area contributed by atoms with E-state index in [4.69, 9.17) is 26.4 Å². The summed E-state index contributed by atoms with van der Waals surface area (Å²) in [6.45, 7) is 5.74. The summed E-state index contributed by atoms with van der Waals surface area (Å²) in [7, 11) is 2.46. The van der Waals surface area contributed by atoms with E-state index in [1.807, 2.05) is 6.92 Å². The molecule has 0 bridgehead atoms. The zero-order valence-corrected chi connectivity index (χ0v) is 23.7. The smallest absolute Gasteiger partial charge is 0.346 e. The molecule has 2 aliphatic heterocycles. The Hall–Kier alpha value is -3.15. The van der Waals surface area contributed by atoms with Crippen molar-refractivity contribution in [2.24, 2.45) is 0 Å². The van der Waals surface area contributed by atoms with Crippen LogP contribution in [0.25, 0.3) is 5.57 Å². The second-order valence-corrected chi connectivity index (χ2v) is 11.3. The van der Waals surface area contributed by atoms with Crippen LogP contribution < -0.4 is 9.64 Å². The molecule has 7 nitrogen and oxygen atoms in total. The van der Waals surface area contributed by atoms with Crippen molar-refractivity contribution in [3.8, 4) is 5.75 Å². The van der Waals surface area contributed by atoms with Gasteiger partial charge in [-0.1, -0.05) is 53.9 Å². The molecule has 0 saturated heterocycles. The molecule has 0 aromatic heterocycles. The number of carbonyl (C=O) groups excluding carboxylic acids is 3. The second-order valence-electron chi connectivity index (χ2n) is 8.63. The molecule has 0 N–H and O–H groups in total. The van der Waals surface area contributed by atoms with E-state index in [0.29, 0.717) is 38.3 Å². The van der Waals surface area contributed by atoms with Crippen molar-refractivity contribution in [1.82, 2.24) is 0 Å². The fraction of sp³-hybridized carbons (Fsp3) is 0.259. The van der Waals surface area contributed by atoms with Gasteiger partial charge in [0.1, 0.15) is 21.4 Å². The molecule has 0 radical (unpaired) electrons. The number of para-hydroxylation sites is 1. The van der Waals surface area contributed by atoms with Gasteiger partial charge in [-0.3, -0.25) is 9.69 Å². The van der Waals surface area contributed by atoms with E-state index in [0.717, 1.165) is 23.5 Å². The number of thioether (sulfide) groups is 2. The van der Waals surface area contributed by atoms with Crippen LogP contribution in [-0.2, 0) is 19.1 Å². The van der Waals surface area contributed by atoms with Gasteiger partial charge in [0.05, 0.1) is 41.2 Å².